The van der Waals surface area contributed by atoms with E-state index < -0.39 is 23.8 Å². The van der Waals surface area contributed by atoms with Crippen molar-refractivity contribution in [3.05, 3.63) is 125 Å². The van der Waals surface area contributed by atoms with Crippen molar-refractivity contribution in [2.45, 2.75) is 24.7 Å². The summed E-state index contributed by atoms with van der Waals surface area (Å²) in [6, 6.07) is 30.4. The van der Waals surface area contributed by atoms with E-state index in [1.807, 2.05) is 42.5 Å². The molecule has 8 nitrogen and oxygen atoms in total. The van der Waals surface area contributed by atoms with Crippen molar-refractivity contribution >= 4 is 22.7 Å². The molecule has 0 radical (unpaired) electrons. The molecule has 0 unspecified atom stereocenters. The fourth-order valence-corrected chi connectivity index (χ4v) is 5.86. The Morgan fingerprint density at radius 3 is 1.86 bits per heavy atom. The van der Waals surface area contributed by atoms with Crippen molar-refractivity contribution in [3.8, 4) is 28.7 Å². The van der Waals surface area contributed by atoms with Gasteiger partial charge in [-0.2, -0.15) is 0 Å². The van der Waals surface area contributed by atoms with Gasteiger partial charge in [-0.25, -0.2) is 9.59 Å². The minimum atomic E-state index is -1.23. The summed E-state index contributed by atoms with van der Waals surface area (Å²) in [6.07, 6.45) is -0.0177. The average molecular weight is 589 g/mol. The molecule has 5 aromatic rings. The minimum absolute atomic E-state index is 0.249. The summed E-state index contributed by atoms with van der Waals surface area (Å²) in [7, 11) is 3.12. The Kier molecular flexibility index (Phi) is 6.81. The van der Waals surface area contributed by atoms with Crippen LogP contribution in [0.25, 0.3) is 10.8 Å². The third kappa shape index (κ3) is 4.74. The highest BCUT2D eigenvalue weighted by atomic mass is 16.7. The van der Waals surface area contributed by atoms with Crippen molar-refractivity contribution in [2.75, 3.05) is 14.2 Å². The zero-order chi connectivity index (χ0) is 30.3. The standard InChI is InChI=1S/C36H28O8/c1-39-25-16-12-23(13-17-25)34(37)41-28-9-5-8-27-33(28)29(42-35(38)24-14-18-26(40-2)19-15-24)20-21-36(27)43-30-10-3-6-22-7-4-11-31(44-36)32(22)30/h3-19,29H,20-21H2,1-2H3/t29-/m0/s1. The van der Waals surface area contributed by atoms with Gasteiger partial charge in [-0.15, -0.1) is 0 Å². The molecule has 0 saturated carbocycles. The summed E-state index contributed by atoms with van der Waals surface area (Å²) in [5.41, 5.74) is 1.83. The smallest absolute Gasteiger partial charge is 0.343 e. The highest BCUT2D eigenvalue weighted by Gasteiger charge is 2.49. The molecule has 1 aliphatic carbocycles. The van der Waals surface area contributed by atoms with E-state index >= 15 is 0 Å². The van der Waals surface area contributed by atoms with E-state index in [0.29, 0.717) is 58.1 Å². The predicted molar refractivity (Wildman–Crippen MR) is 162 cm³/mol. The summed E-state index contributed by atoms with van der Waals surface area (Å²) in [6.45, 7) is 0. The number of hydrogen-bond acceptors (Lipinski definition) is 8. The van der Waals surface area contributed by atoms with E-state index in [4.69, 9.17) is 28.4 Å². The van der Waals surface area contributed by atoms with Crippen LogP contribution < -0.4 is 23.7 Å². The molecular formula is C36H28O8. The molecule has 220 valence electrons. The van der Waals surface area contributed by atoms with Crippen molar-refractivity contribution in [1.82, 2.24) is 0 Å². The first-order chi connectivity index (χ1) is 21.5. The van der Waals surface area contributed by atoms with Crippen LogP contribution in [-0.2, 0) is 10.5 Å². The fraction of sp³-hybridized carbons (Fsp3) is 0.167. The first-order valence-electron chi connectivity index (χ1n) is 14.2. The van der Waals surface area contributed by atoms with Crippen LogP contribution in [0.3, 0.4) is 0 Å². The lowest BCUT2D eigenvalue weighted by atomic mass is 9.83. The van der Waals surface area contributed by atoms with Crippen molar-refractivity contribution in [2.24, 2.45) is 0 Å². The second-order valence-corrected chi connectivity index (χ2v) is 10.6. The number of methoxy groups -OCH3 is 2. The van der Waals surface area contributed by atoms with Gasteiger partial charge < -0.3 is 28.4 Å². The quantitative estimate of drug-likeness (QED) is 0.150. The number of benzene rings is 5. The summed E-state index contributed by atoms with van der Waals surface area (Å²) in [4.78, 5) is 26.7. The van der Waals surface area contributed by atoms with Gasteiger partial charge in [0.25, 0.3) is 5.79 Å². The molecule has 1 aliphatic heterocycles. The van der Waals surface area contributed by atoms with Gasteiger partial charge in [0, 0.05) is 17.5 Å². The third-order valence-corrected chi connectivity index (χ3v) is 8.02. The number of rotatable bonds is 6. The van der Waals surface area contributed by atoms with Gasteiger partial charge in [-0.05, 0) is 78.5 Å². The van der Waals surface area contributed by atoms with E-state index in [1.165, 1.54) is 0 Å². The van der Waals surface area contributed by atoms with Crippen LogP contribution in [0, 0.1) is 0 Å². The van der Waals surface area contributed by atoms with Gasteiger partial charge in [0.1, 0.15) is 34.9 Å². The summed E-state index contributed by atoms with van der Waals surface area (Å²) >= 11 is 0. The Hall–Kier alpha value is -5.50. The van der Waals surface area contributed by atoms with Gasteiger partial charge in [-0.1, -0.05) is 36.4 Å². The molecular weight excluding hydrogens is 560 g/mol. The second-order valence-electron chi connectivity index (χ2n) is 10.6. The maximum Gasteiger partial charge on any atom is 0.343 e. The SMILES string of the molecule is COc1ccc(C(=O)Oc2cccc3c2[C@@H](OC(=O)c2ccc(OC)cc2)CCC32Oc3cccc4cccc(c34)O2)cc1. The molecule has 44 heavy (non-hydrogen) atoms. The van der Waals surface area contributed by atoms with E-state index in [2.05, 4.69) is 0 Å². The Balaban J connectivity index is 1.29. The van der Waals surface area contributed by atoms with Crippen molar-refractivity contribution in [3.63, 3.8) is 0 Å². The molecule has 2 aliphatic rings. The Morgan fingerprint density at radius 2 is 1.27 bits per heavy atom. The molecule has 0 saturated heterocycles. The van der Waals surface area contributed by atoms with Crippen LogP contribution in [-0.4, -0.2) is 26.2 Å². The molecule has 1 spiro atoms. The first kappa shape index (κ1) is 27.3. The van der Waals surface area contributed by atoms with Gasteiger partial charge in [0.15, 0.2) is 0 Å². The number of carbonyl (C=O) groups is 2. The number of hydrogen-bond donors (Lipinski definition) is 0. The molecule has 0 N–H and O–H groups in total. The predicted octanol–water partition coefficient (Wildman–Crippen LogP) is 7.39. The number of esters is 2. The van der Waals surface area contributed by atoms with Gasteiger partial charge in [0.05, 0.1) is 30.7 Å². The van der Waals surface area contributed by atoms with E-state index in [1.54, 1.807) is 74.9 Å². The fourth-order valence-electron chi connectivity index (χ4n) is 5.86. The lowest BCUT2D eigenvalue weighted by Crippen LogP contribution is -2.45. The van der Waals surface area contributed by atoms with Crippen LogP contribution in [0.5, 0.6) is 28.7 Å². The molecule has 0 fully saturated rings. The van der Waals surface area contributed by atoms with Gasteiger partial charge in [-0.3, -0.25) is 0 Å². The maximum atomic E-state index is 13.4. The van der Waals surface area contributed by atoms with Crippen LogP contribution >= 0.6 is 0 Å². The summed E-state index contributed by atoms with van der Waals surface area (Å²) in [5, 5.41) is 1.89. The topological polar surface area (TPSA) is 89.5 Å². The van der Waals surface area contributed by atoms with Crippen LogP contribution in [0.15, 0.2) is 103 Å². The molecule has 8 heteroatoms. The Morgan fingerprint density at radius 1 is 0.705 bits per heavy atom. The molecule has 1 atom stereocenters. The maximum absolute atomic E-state index is 13.4. The highest BCUT2D eigenvalue weighted by Crippen LogP contribution is 2.53. The number of fused-ring (bicyclic) bond motifs is 2. The molecule has 5 aromatic carbocycles. The molecule has 1 heterocycles. The largest absolute Gasteiger partial charge is 0.497 e. The van der Waals surface area contributed by atoms with Crippen LogP contribution in [0.4, 0.5) is 0 Å². The number of carbonyl (C=O) groups excluding carboxylic acids is 2. The Labute approximate surface area is 253 Å². The highest BCUT2D eigenvalue weighted by molar-refractivity contribution is 5.95. The van der Waals surface area contributed by atoms with Crippen LogP contribution in [0.1, 0.15) is 50.8 Å². The van der Waals surface area contributed by atoms with Gasteiger partial charge >= 0.3 is 11.9 Å². The lowest BCUT2D eigenvalue weighted by Gasteiger charge is -2.44. The third-order valence-electron chi connectivity index (χ3n) is 8.02. The minimum Gasteiger partial charge on any atom is -0.497 e. The second kappa shape index (κ2) is 11.0. The first-order valence-corrected chi connectivity index (χ1v) is 14.2. The van der Waals surface area contributed by atoms with E-state index in [-0.39, 0.29) is 5.75 Å². The van der Waals surface area contributed by atoms with Crippen molar-refractivity contribution in [1.29, 1.82) is 0 Å². The summed E-state index contributed by atoms with van der Waals surface area (Å²) < 4.78 is 35.8. The molecule has 0 bridgehead atoms. The molecule has 0 aromatic heterocycles. The van der Waals surface area contributed by atoms with E-state index in [0.717, 1.165) is 10.8 Å². The zero-order valence-corrected chi connectivity index (χ0v) is 24.1. The van der Waals surface area contributed by atoms with Crippen molar-refractivity contribution < 1.29 is 38.0 Å². The van der Waals surface area contributed by atoms with Crippen LogP contribution in [0.2, 0.25) is 0 Å². The van der Waals surface area contributed by atoms with E-state index in [9.17, 15) is 9.59 Å². The normalized spacial score (nSPS) is 15.8. The lowest BCUT2D eigenvalue weighted by molar-refractivity contribution is -0.147. The molecule has 0 amide bonds. The Bertz CT molecular complexity index is 1840. The average Bonchev–Trinajstić information content (AvgIpc) is 3.06. The summed E-state index contributed by atoms with van der Waals surface area (Å²) in [5.74, 6) is 0.546. The molecule has 7 rings (SSSR count). The monoisotopic (exact) mass is 588 g/mol. The van der Waals surface area contributed by atoms with Gasteiger partial charge in [0.2, 0.25) is 0 Å². The number of ether oxygens (including phenoxy) is 6. The zero-order valence-electron chi connectivity index (χ0n) is 24.1.